The second-order valence-corrected chi connectivity index (χ2v) is 3.54. The fraction of sp³-hybridized carbons (Fsp3) is 0.667. The zero-order chi connectivity index (χ0) is 7.98. The molecule has 0 aliphatic carbocycles. The van der Waals surface area contributed by atoms with E-state index in [-0.39, 0.29) is 9.03 Å². The molecule has 0 aliphatic rings. The highest BCUT2D eigenvalue weighted by Gasteiger charge is 1.97. The van der Waals surface area contributed by atoms with E-state index in [1.807, 2.05) is 0 Å². The summed E-state index contributed by atoms with van der Waals surface area (Å²) in [5, 5.41) is -0.319. The van der Waals surface area contributed by atoms with Crippen molar-refractivity contribution in [2.24, 2.45) is 0 Å². The third kappa shape index (κ3) is 8.36. The summed E-state index contributed by atoms with van der Waals surface area (Å²) in [4.78, 5) is 20.5. The van der Waals surface area contributed by atoms with Crippen molar-refractivity contribution in [1.29, 1.82) is 0 Å². The smallest absolute Gasteiger partial charge is 0.221 e. The summed E-state index contributed by atoms with van der Waals surface area (Å²) in [5.41, 5.74) is 0. The third-order valence-electron chi connectivity index (χ3n) is 0.997. The normalized spacial score (nSPS) is 9.40. The molecule has 2 nitrogen and oxygen atoms in total. The van der Waals surface area contributed by atoms with E-state index < -0.39 is 0 Å². The predicted octanol–water partition coefficient (Wildman–Crippen LogP) is 2.27. The van der Waals surface area contributed by atoms with Crippen molar-refractivity contribution in [2.45, 2.75) is 25.7 Å². The molecule has 0 rings (SSSR count). The summed E-state index contributed by atoms with van der Waals surface area (Å²) in [6.07, 6.45) is 2.41. The minimum atomic E-state index is -0.319. The summed E-state index contributed by atoms with van der Waals surface area (Å²) in [5.74, 6) is 0. The van der Waals surface area contributed by atoms with E-state index in [4.69, 9.17) is 11.6 Å². The first kappa shape index (κ1) is 10.4. The maximum Gasteiger partial charge on any atom is 0.221 e. The molecular weight excluding hydrogens is 266 g/mol. The van der Waals surface area contributed by atoms with Gasteiger partial charge in [0.1, 0.15) is 0 Å². The molecule has 0 N–H and O–H groups in total. The van der Waals surface area contributed by atoms with E-state index in [1.54, 1.807) is 22.6 Å². The first-order valence-corrected chi connectivity index (χ1v) is 4.45. The maximum atomic E-state index is 10.4. The third-order valence-corrected chi connectivity index (χ3v) is 1.73. The molecule has 0 unspecified atom stereocenters. The van der Waals surface area contributed by atoms with Crippen molar-refractivity contribution in [3.8, 4) is 0 Å². The Morgan fingerprint density at radius 3 is 2.10 bits per heavy atom. The van der Waals surface area contributed by atoms with E-state index in [2.05, 4.69) is 0 Å². The number of hydrogen-bond acceptors (Lipinski definition) is 2. The van der Waals surface area contributed by atoms with Gasteiger partial charge in [-0.3, -0.25) is 9.59 Å². The summed E-state index contributed by atoms with van der Waals surface area (Å²) >= 11 is 6.81. The summed E-state index contributed by atoms with van der Waals surface area (Å²) in [7, 11) is 0. The number of unbranched alkanes of at least 4 members (excludes halogenated alkanes) is 1. The first-order valence-electron chi connectivity index (χ1n) is 2.99. The molecule has 0 spiro atoms. The van der Waals surface area contributed by atoms with Crippen LogP contribution in [0.3, 0.4) is 0 Å². The molecule has 0 aliphatic heterocycles. The molecule has 0 amide bonds. The Labute approximate surface area is 78.5 Å². The number of hydrogen-bond donors (Lipinski definition) is 0. The highest BCUT2D eigenvalue weighted by Crippen LogP contribution is 2.05. The van der Waals surface area contributed by atoms with Gasteiger partial charge in [-0.05, 0) is 47.0 Å². The molecule has 58 valence electrons. The van der Waals surface area contributed by atoms with Gasteiger partial charge in [0.15, 0.2) is 3.79 Å². The van der Waals surface area contributed by atoms with Crippen LogP contribution >= 0.6 is 34.2 Å². The zero-order valence-corrected chi connectivity index (χ0v) is 8.31. The molecular formula is C6H8ClIO2. The van der Waals surface area contributed by atoms with Crippen LogP contribution < -0.4 is 0 Å². The number of rotatable bonds is 5. The van der Waals surface area contributed by atoms with Gasteiger partial charge < -0.3 is 0 Å². The lowest BCUT2D eigenvalue weighted by molar-refractivity contribution is -0.112. The molecule has 0 saturated heterocycles. The fourth-order valence-electron chi connectivity index (χ4n) is 0.528. The summed E-state index contributed by atoms with van der Waals surface area (Å²) < 4.78 is 0.139. The average Bonchev–Trinajstić information content (AvgIpc) is 1.79. The zero-order valence-electron chi connectivity index (χ0n) is 5.40. The van der Waals surface area contributed by atoms with Gasteiger partial charge in [0, 0.05) is 12.8 Å². The van der Waals surface area contributed by atoms with Crippen LogP contribution in [0.1, 0.15) is 25.7 Å². The fourth-order valence-corrected chi connectivity index (χ4v) is 1.04. The van der Waals surface area contributed by atoms with Gasteiger partial charge in [-0.2, -0.15) is 0 Å². The van der Waals surface area contributed by atoms with Gasteiger partial charge in [0.2, 0.25) is 5.24 Å². The summed E-state index contributed by atoms with van der Waals surface area (Å²) in [6.45, 7) is 0. The van der Waals surface area contributed by atoms with Crippen LogP contribution in [0.25, 0.3) is 0 Å². The first-order chi connectivity index (χ1) is 4.63. The minimum Gasteiger partial charge on any atom is -0.288 e. The molecule has 0 aromatic heterocycles. The van der Waals surface area contributed by atoms with E-state index in [1.165, 1.54) is 0 Å². The highest BCUT2D eigenvalue weighted by atomic mass is 127. The van der Waals surface area contributed by atoms with Crippen LogP contribution in [0.4, 0.5) is 0 Å². The Bertz CT molecular complexity index is 120. The Hall–Kier alpha value is 0.360. The van der Waals surface area contributed by atoms with E-state index >= 15 is 0 Å². The molecule has 0 aromatic rings. The molecule has 0 bridgehead atoms. The minimum absolute atomic E-state index is 0.139. The molecule has 0 fully saturated rings. The van der Waals surface area contributed by atoms with Crippen LogP contribution in [0.15, 0.2) is 0 Å². The quantitative estimate of drug-likeness (QED) is 0.438. The molecule has 10 heavy (non-hydrogen) atoms. The van der Waals surface area contributed by atoms with Gasteiger partial charge in [0.05, 0.1) is 0 Å². The molecule has 0 heterocycles. The lowest BCUT2D eigenvalue weighted by Gasteiger charge is -1.91. The second kappa shape index (κ2) is 6.09. The Morgan fingerprint density at radius 2 is 1.70 bits per heavy atom. The van der Waals surface area contributed by atoms with E-state index in [0.29, 0.717) is 12.8 Å². The Balaban J connectivity index is 3.06. The largest absolute Gasteiger partial charge is 0.288 e. The topological polar surface area (TPSA) is 34.1 Å². The van der Waals surface area contributed by atoms with Crippen LogP contribution in [0, 0.1) is 0 Å². The number of carbonyl (C=O) groups excluding carboxylic acids is 2. The van der Waals surface area contributed by atoms with Crippen molar-refractivity contribution in [3.63, 3.8) is 0 Å². The van der Waals surface area contributed by atoms with Crippen molar-refractivity contribution in [3.05, 3.63) is 0 Å². The molecule has 0 radical (unpaired) electrons. The van der Waals surface area contributed by atoms with Crippen LogP contribution in [-0.4, -0.2) is 9.03 Å². The van der Waals surface area contributed by atoms with Crippen LogP contribution in [0.2, 0.25) is 0 Å². The molecule has 0 saturated carbocycles. The molecule has 4 heteroatoms. The van der Waals surface area contributed by atoms with Crippen molar-refractivity contribution in [2.75, 3.05) is 0 Å². The number of halogens is 2. The highest BCUT2D eigenvalue weighted by molar-refractivity contribution is 14.1. The summed E-state index contributed by atoms with van der Waals surface area (Å²) in [6, 6.07) is 0. The van der Waals surface area contributed by atoms with E-state index in [0.717, 1.165) is 12.8 Å². The number of carbonyl (C=O) groups is 2. The second-order valence-electron chi connectivity index (χ2n) is 1.92. The average molecular weight is 274 g/mol. The lowest BCUT2D eigenvalue weighted by Crippen LogP contribution is -1.88. The van der Waals surface area contributed by atoms with Gasteiger partial charge in [-0.15, -0.1) is 0 Å². The molecule has 0 atom stereocenters. The van der Waals surface area contributed by atoms with Crippen LogP contribution in [0.5, 0.6) is 0 Å². The van der Waals surface area contributed by atoms with Gasteiger partial charge in [0.25, 0.3) is 0 Å². The van der Waals surface area contributed by atoms with Gasteiger partial charge >= 0.3 is 0 Å². The predicted molar refractivity (Wildman–Crippen MR) is 48.4 cm³/mol. The lowest BCUT2D eigenvalue weighted by atomic mass is 10.2. The molecule has 0 aromatic carbocycles. The monoisotopic (exact) mass is 274 g/mol. The van der Waals surface area contributed by atoms with Gasteiger partial charge in [-0.1, -0.05) is 0 Å². The SMILES string of the molecule is O=C(Cl)CCCCC(=O)I. The standard InChI is InChI=1S/C6H8ClIO2/c7-5(9)3-1-2-4-6(8)10/h1-4H2. The van der Waals surface area contributed by atoms with Crippen molar-refractivity contribution >= 4 is 43.2 Å². The van der Waals surface area contributed by atoms with Crippen molar-refractivity contribution < 1.29 is 9.59 Å². The van der Waals surface area contributed by atoms with Crippen LogP contribution in [-0.2, 0) is 9.59 Å². The van der Waals surface area contributed by atoms with E-state index in [9.17, 15) is 9.59 Å². The maximum absolute atomic E-state index is 10.4. The Morgan fingerprint density at radius 1 is 1.20 bits per heavy atom. The van der Waals surface area contributed by atoms with Gasteiger partial charge in [-0.25, -0.2) is 0 Å². The van der Waals surface area contributed by atoms with Crippen molar-refractivity contribution in [1.82, 2.24) is 0 Å². The Kier molecular flexibility index (Phi) is 6.31.